The van der Waals surface area contributed by atoms with Crippen LogP contribution in [0, 0.1) is 6.92 Å². The zero-order valence-corrected chi connectivity index (χ0v) is 15.6. The number of hydrogen-bond donors (Lipinski definition) is 1. The Kier molecular flexibility index (Phi) is 5.93. The summed E-state index contributed by atoms with van der Waals surface area (Å²) in [4.78, 5) is 2.38. The molecule has 24 heavy (non-hydrogen) atoms. The molecule has 1 aliphatic rings. The predicted octanol–water partition coefficient (Wildman–Crippen LogP) is 4.29. The van der Waals surface area contributed by atoms with Crippen molar-refractivity contribution in [2.75, 3.05) is 13.1 Å². The summed E-state index contributed by atoms with van der Waals surface area (Å²) in [5.74, 6) is 0.935. The maximum Gasteiger partial charge on any atom is 0.124 e. The summed E-state index contributed by atoms with van der Waals surface area (Å²) in [6.07, 6.45) is 1.57. The fourth-order valence-corrected chi connectivity index (χ4v) is 3.38. The van der Waals surface area contributed by atoms with Gasteiger partial charge in [-0.25, -0.2) is 0 Å². The molecule has 1 heterocycles. The molecule has 1 N–H and O–H groups in total. The Bertz CT molecular complexity index is 664. The average molecular weight is 390 g/mol. The molecule has 0 radical (unpaired) electrons. The minimum atomic E-state index is -0.138. The van der Waals surface area contributed by atoms with Crippen LogP contribution in [-0.4, -0.2) is 29.2 Å². The average Bonchev–Trinajstić information content (AvgIpc) is 2.58. The number of aryl methyl sites for hydroxylation is 1. The van der Waals surface area contributed by atoms with Crippen LogP contribution in [0.15, 0.2) is 46.9 Å². The molecule has 0 spiro atoms. The number of benzene rings is 2. The smallest absolute Gasteiger partial charge is 0.124 e. The number of halogens is 1. The lowest BCUT2D eigenvalue weighted by Crippen LogP contribution is -2.35. The van der Waals surface area contributed by atoms with Crippen LogP contribution in [0.4, 0.5) is 0 Å². The highest BCUT2D eigenvalue weighted by atomic mass is 79.9. The van der Waals surface area contributed by atoms with E-state index in [0.29, 0.717) is 6.61 Å². The van der Waals surface area contributed by atoms with Crippen molar-refractivity contribution >= 4 is 15.9 Å². The van der Waals surface area contributed by atoms with Crippen molar-refractivity contribution in [1.29, 1.82) is 0 Å². The van der Waals surface area contributed by atoms with Crippen molar-refractivity contribution in [2.24, 2.45) is 0 Å². The Morgan fingerprint density at radius 1 is 1.12 bits per heavy atom. The van der Waals surface area contributed by atoms with E-state index in [9.17, 15) is 5.11 Å². The third kappa shape index (κ3) is 4.82. The zero-order chi connectivity index (χ0) is 16.9. The number of aliphatic hydroxyl groups is 1. The summed E-state index contributed by atoms with van der Waals surface area (Å²) < 4.78 is 7.15. The van der Waals surface area contributed by atoms with Crippen LogP contribution >= 0.6 is 15.9 Å². The zero-order valence-electron chi connectivity index (χ0n) is 14.0. The lowest BCUT2D eigenvalue weighted by atomic mass is 10.1. The number of nitrogens with zero attached hydrogens (tertiary/aromatic N) is 1. The molecule has 1 saturated heterocycles. The summed E-state index contributed by atoms with van der Waals surface area (Å²) in [7, 11) is 0. The Balaban J connectivity index is 1.67. The van der Waals surface area contributed by atoms with Gasteiger partial charge in [-0.05, 0) is 43.5 Å². The van der Waals surface area contributed by atoms with E-state index in [-0.39, 0.29) is 6.10 Å². The minimum Gasteiger partial charge on any atom is -0.489 e. The van der Waals surface area contributed by atoms with Crippen molar-refractivity contribution in [2.45, 2.75) is 39.0 Å². The van der Waals surface area contributed by atoms with Crippen LogP contribution < -0.4 is 4.74 Å². The largest absolute Gasteiger partial charge is 0.489 e. The second-order valence-corrected chi connectivity index (χ2v) is 7.45. The number of aliphatic hydroxyl groups excluding tert-OH is 1. The summed E-state index contributed by atoms with van der Waals surface area (Å²) in [5, 5.41) is 9.66. The highest BCUT2D eigenvalue weighted by molar-refractivity contribution is 9.10. The van der Waals surface area contributed by atoms with Gasteiger partial charge < -0.3 is 9.84 Å². The molecule has 1 aliphatic heterocycles. The third-order valence-corrected chi connectivity index (χ3v) is 4.98. The van der Waals surface area contributed by atoms with Gasteiger partial charge in [-0.3, -0.25) is 4.90 Å². The van der Waals surface area contributed by atoms with Crippen molar-refractivity contribution in [3.63, 3.8) is 0 Å². The number of rotatable bonds is 5. The summed E-state index contributed by atoms with van der Waals surface area (Å²) >= 11 is 3.56. The van der Waals surface area contributed by atoms with Gasteiger partial charge in [0.15, 0.2) is 0 Å². The van der Waals surface area contributed by atoms with Crippen LogP contribution in [0.5, 0.6) is 5.75 Å². The van der Waals surface area contributed by atoms with E-state index in [1.165, 1.54) is 16.7 Å². The highest BCUT2D eigenvalue weighted by Gasteiger charge is 2.18. The molecule has 128 valence electrons. The Labute approximate surface area is 152 Å². The van der Waals surface area contributed by atoms with Gasteiger partial charge >= 0.3 is 0 Å². The summed E-state index contributed by atoms with van der Waals surface area (Å²) in [5.41, 5.74) is 3.62. The molecular weight excluding hydrogens is 366 g/mol. The molecule has 0 unspecified atom stereocenters. The van der Waals surface area contributed by atoms with Crippen molar-refractivity contribution in [3.8, 4) is 5.75 Å². The molecule has 2 aromatic carbocycles. The first-order valence-corrected chi connectivity index (χ1v) is 9.26. The minimum absolute atomic E-state index is 0.138. The van der Waals surface area contributed by atoms with Crippen LogP contribution in [0.1, 0.15) is 29.5 Å². The first-order valence-electron chi connectivity index (χ1n) is 8.47. The van der Waals surface area contributed by atoms with Crippen LogP contribution in [-0.2, 0) is 13.2 Å². The van der Waals surface area contributed by atoms with E-state index in [4.69, 9.17) is 4.74 Å². The quantitative estimate of drug-likeness (QED) is 0.827. The fourth-order valence-electron chi connectivity index (χ4n) is 2.98. The molecule has 0 atom stereocenters. The van der Waals surface area contributed by atoms with E-state index in [1.807, 2.05) is 12.1 Å². The van der Waals surface area contributed by atoms with Gasteiger partial charge in [0.2, 0.25) is 0 Å². The second kappa shape index (κ2) is 8.15. The molecule has 2 aromatic rings. The van der Waals surface area contributed by atoms with Gasteiger partial charge in [0, 0.05) is 29.7 Å². The molecule has 0 aromatic heterocycles. The third-order valence-electron chi connectivity index (χ3n) is 4.49. The van der Waals surface area contributed by atoms with Gasteiger partial charge in [-0.15, -0.1) is 0 Å². The van der Waals surface area contributed by atoms with Crippen LogP contribution in [0.3, 0.4) is 0 Å². The normalized spacial score (nSPS) is 16.3. The van der Waals surface area contributed by atoms with Gasteiger partial charge in [-0.1, -0.05) is 45.8 Å². The first kappa shape index (κ1) is 17.5. The monoisotopic (exact) mass is 389 g/mol. The van der Waals surface area contributed by atoms with E-state index < -0.39 is 0 Å². The summed E-state index contributed by atoms with van der Waals surface area (Å²) in [6.45, 7) is 5.40. The van der Waals surface area contributed by atoms with E-state index >= 15 is 0 Å². The molecule has 0 aliphatic carbocycles. The molecule has 1 fully saturated rings. The van der Waals surface area contributed by atoms with Crippen LogP contribution in [0.2, 0.25) is 0 Å². The van der Waals surface area contributed by atoms with E-state index in [0.717, 1.165) is 42.7 Å². The molecular formula is C20H24BrNO2. The van der Waals surface area contributed by atoms with Gasteiger partial charge in [0.1, 0.15) is 12.4 Å². The molecule has 3 rings (SSSR count). The van der Waals surface area contributed by atoms with Gasteiger partial charge in [0.05, 0.1) is 6.10 Å². The molecule has 0 amide bonds. The van der Waals surface area contributed by atoms with Crippen molar-refractivity contribution in [3.05, 3.63) is 63.6 Å². The standard InChI is InChI=1S/C20H24BrNO2/c1-15-2-4-16(5-3-15)14-24-20-7-6-18(21)12-17(20)13-22-10-8-19(23)9-11-22/h2-7,12,19,23H,8-11,13-14H2,1H3. The SMILES string of the molecule is Cc1ccc(COc2ccc(Br)cc2CN2CCC(O)CC2)cc1. The Morgan fingerprint density at radius 3 is 2.54 bits per heavy atom. The Hall–Kier alpha value is -1.36. The maximum absolute atomic E-state index is 9.66. The number of ether oxygens (including phenoxy) is 1. The Morgan fingerprint density at radius 2 is 1.83 bits per heavy atom. The van der Waals surface area contributed by atoms with E-state index in [1.54, 1.807) is 0 Å². The van der Waals surface area contributed by atoms with Crippen LogP contribution in [0.25, 0.3) is 0 Å². The highest BCUT2D eigenvalue weighted by Crippen LogP contribution is 2.26. The number of piperidine rings is 1. The van der Waals surface area contributed by atoms with Crippen molar-refractivity contribution in [1.82, 2.24) is 4.90 Å². The molecule has 4 heteroatoms. The van der Waals surface area contributed by atoms with Gasteiger partial charge in [0.25, 0.3) is 0 Å². The maximum atomic E-state index is 9.66. The molecule has 0 bridgehead atoms. The first-order chi connectivity index (χ1) is 11.6. The van der Waals surface area contributed by atoms with Gasteiger partial charge in [-0.2, -0.15) is 0 Å². The lowest BCUT2D eigenvalue weighted by molar-refractivity contribution is 0.0787. The van der Waals surface area contributed by atoms with E-state index in [2.05, 4.69) is 58.1 Å². The lowest BCUT2D eigenvalue weighted by Gasteiger charge is -2.30. The fraction of sp³-hybridized carbons (Fsp3) is 0.400. The molecule has 0 saturated carbocycles. The topological polar surface area (TPSA) is 32.7 Å². The second-order valence-electron chi connectivity index (χ2n) is 6.53. The number of likely N-dealkylation sites (tertiary alicyclic amines) is 1. The predicted molar refractivity (Wildman–Crippen MR) is 100 cm³/mol. The number of hydrogen-bond acceptors (Lipinski definition) is 3. The summed E-state index contributed by atoms with van der Waals surface area (Å²) in [6, 6.07) is 14.6. The molecule has 3 nitrogen and oxygen atoms in total. The van der Waals surface area contributed by atoms with Crippen molar-refractivity contribution < 1.29 is 9.84 Å².